The van der Waals surface area contributed by atoms with E-state index in [0.717, 1.165) is 0 Å². The number of ether oxygens (including phenoxy) is 1. The molecule has 0 spiro atoms. The Hall–Kier alpha value is -3.73. The van der Waals surface area contributed by atoms with Crippen molar-refractivity contribution in [3.8, 4) is 5.75 Å². The third kappa shape index (κ3) is 4.92. The van der Waals surface area contributed by atoms with Gasteiger partial charge in [0, 0.05) is 17.5 Å². The second-order valence-electron chi connectivity index (χ2n) is 6.23. The minimum atomic E-state index is -1.03. The highest BCUT2D eigenvalue weighted by molar-refractivity contribution is 6.09. The van der Waals surface area contributed by atoms with Crippen LogP contribution in [-0.2, 0) is 11.2 Å². The van der Waals surface area contributed by atoms with Gasteiger partial charge in [-0.25, -0.2) is 4.79 Å². The summed E-state index contributed by atoms with van der Waals surface area (Å²) in [6.07, 6.45) is 0.0890. The summed E-state index contributed by atoms with van der Waals surface area (Å²) in [6.45, 7) is -0.136. The SMILES string of the molecule is O=C(COc1ccc(C(=O)c2ccccc2)cc1)Cc1cccc(C(=O)O)c1. The highest BCUT2D eigenvalue weighted by Gasteiger charge is 2.10. The molecule has 0 bridgehead atoms. The predicted molar refractivity (Wildman–Crippen MR) is 104 cm³/mol. The Morgan fingerprint density at radius 3 is 2.07 bits per heavy atom. The lowest BCUT2D eigenvalue weighted by atomic mass is 10.0. The lowest BCUT2D eigenvalue weighted by molar-refractivity contribution is -0.120. The first-order valence-corrected chi connectivity index (χ1v) is 8.69. The second kappa shape index (κ2) is 8.77. The zero-order valence-electron chi connectivity index (χ0n) is 15.0. The first-order valence-electron chi connectivity index (χ1n) is 8.69. The van der Waals surface area contributed by atoms with Crippen LogP contribution in [0.1, 0.15) is 31.8 Å². The molecule has 0 aliphatic carbocycles. The summed E-state index contributed by atoms with van der Waals surface area (Å²) in [5.41, 5.74) is 1.91. The van der Waals surface area contributed by atoms with E-state index >= 15 is 0 Å². The molecule has 5 nitrogen and oxygen atoms in total. The van der Waals surface area contributed by atoms with Gasteiger partial charge in [-0.2, -0.15) is 0 Å². The topological polar surface area (TPSA) is 80.7 Å². The van der Waals surface area contributed by atoms with Gasteiger partial charge in [0.1, 0.15) is 12.4 Å². The first-order chi connectivity index (χ1) is 13.5. The van der Waals surface area contributed by atoms with Crippen LogP contribution in [-0.4, -0.2) is 29.2 Å². The van der Waals surface area contributed by atoms with Gasteiger partial charge >= 0.3 is 5.97 Å². The van der Waals surface area contributed by atoms with Gasteiger partial charge in [-0.05, 0) is 42.0 Å². The van der Waals surface area contributed by atoms with Crippen LogP contribution < -0.4 is 4.74 Å². The van der Waals surface area contributed by atoms with Gasteiger partial charge < -0.3 is 9.84 Å². The molecule has 0 amide bonds. The summed E-state index contributed by atoms with van der Waals surface area (Å²) in [5.74, 6) is -0.804. The summed E-state index contributed by atoms with van der Waals surface area (Å²) >= 11 is 0. The van der Waals surface area contributed by atoms with Gasteiger partial charge in [0.15, 0.2) is 11.6 Å². The fourth-order valence-corrected chi connectivity index (χ4v) is 2.72. The standard InChI is InChI=1S/C23H18O5/c24-20(14-16-5-4-8-19(13-16)23(26)27)15-28-21-11-9-18(10-12-21)22(25)17-6-2-1-3-7-17/h1-13H,14-15H2,(H,26,27). The third-order valence-corrected chi connectivity index (χ3v) is 4.13. The van der Waals surface area contributed by atoms with Crippen LogP contribution in [0.2, 0.25) is 0 Å². The zero-order chi connectivity index (χ0) is 19.9. The Kier molecular flexibility index (Phi) is 5.97. The number of rotatable bonds is 8. The van der Waals surface area contributed by atoms with Crippen LogP contribution in [0.4, 0.5) is 0 Å². The molecule has 0 saturated carbocycles. The number of carbonyl (C=O) groups is 3. The van der Waals surface area contributed by atoms with Crippen LogP contribution in [0.3, 0.4) is 0 Å². The molecule has 0 fully saturated rings. The lowest BCUT2D eigenvalue weighted by Gasteiger charge is -2.07. The molecule has 0 aromatic heterocycles. The quantitative estimate of drug-likeness (QED) is 0.607. The molecule has 0 radical (unpaired) electrons. The number of carboxylic acids is 1. The van der Waals surface area contributed by atoms with Crippen molar-refractivity contribution in [2.75, 3.05) is 6.61 Å². The molecule has 0 heterocycles. The van der Waals surface area contributed by atoms with Gasteiger partial charge in [0.25, 0.3) is 0 Å². The maximum atomic E-state index is 12.4. The van der Waals surface area contributed by atoms with E-state index in [2.05, 4.69) is 0 Å². The largest absolute Gasteiger partial charge is 0.486 e. The Labute approximate surface area is 162 Å². The molecule has 0 saturated heterocycles. The van der Waals surface area contributed by atoms with Crippen molar-refractivity contribution in [1.29, 1.82) is 0 Å². The monoisotopic (exact) mass is 374 g/mol. The number of carbonyl (C=O) groups excluding carboxylic acids is 2. The molecule has 1 N–H and O–H groups in total. The van der Waals surface area contributed by atoms with Crippen molar-refractivity contribution < 1.29 is 24.2 Å². The Morgan fingerprint density at radius 1 is 0.750 bits per heavy atom. The Balaban J connectivity index is 1.56. The Morgan fingerprint density at radius 2 is 1.39 bits per heavy atom. The van der Waals surface area contributed by atoms with E-state index < -0.39 is 5.97 Å². The number of benzene rings is 3. The van der Waals surface area contributed by atoms with Crippen molar-refractivity contribution in [3.63, 3.8) is 0 Å². The van der Waals surface area contributed by atoms with Crippen molar-refractivity contribution >= 4 is 17.5 Å². The molecule has 3 aromatic rings. The van der Waals surface area contributed by atoms with E-state index in [1.807, 2.05) is 18.2 Å². The molecular weight excluding hydrogens is 356 g/mol. The minimum absolute atomic E-state index is 0.0819. The smallest absolute Gasteiger partial charge is 0.335 e. The molecule has 0 atom stereocenters. The van der Waals surface area contributed by atoms with Crippen molar-refractivity contribution in [2.24, 2.45) is 0 Å². The molecule has 3 rings (SSSR count). The van der Waals surface area contributed by atoms with Gasteiger partial charge in [-0.1, -0.05) is 42.5 Å². The molecule has 5 heteroatoms. The summed E-state index contributed by atoms with van der Waals surface area (Å²) in [6, 6.07) is 21.8. The normalized spacial score (nSPS) is 10.3. The maximum absolute atomic E-state index is 12.4. The van der Waals surface area contributed by atoms with E-state index in [0.29, 0.717) is 22.4 Å². The number of ketones is 2. The summed E-state index contributed by atoms with van der Waals surface area (Å²) in [5, 5.41) is 9.00. The summed E-state index contributed by atoms with van der Waals surface area (Å²) in [7, 11) is 0. The first kappa shape index (κ1) is 19.0. The lowest BCUT2D eigenvalue weighted by Crippen LogP contribution is -2.14. The molecule has 0 aliphatic rings. The Bertz CT molecular complexity index is 991. The van der Waals surface area contributed by atoms with Crippen LogP contribution in [0.5, 0.6) is 5.75 Å². The van der Waals surface area contributed by atoms with Crippen LogP contribution in [0, 0.1) is 0 Å². The minimum Gasteiger partial charge on any atom is -0.486 e. The average molecular weight is 374 g/mol. The van der Waals surface area contributed by atoms with E-state index in [4.69, 9.17) is 9.84 Å². The predicted octanol–water partition coefficient (Wildman–Crippen LogP) is 3.81. The number of carboxylic acid groups (broad SMARTS) is 1. The fourth-order valence-electron chi connectivity index (χ4n) is 2.72. The van der Waals surface area contributed by atoms with E-state index in [1.54, 1.807) is 48.5 Å². The van der Waals surface area contributed by atoms with Crippen LogP contribution in [0.15, 0.2) is 78.9 Å². The molecule has 3 aromatic carbocycles. The number of hydrogen-bond acceptors (Lipinski definition) is 4. The zero-order valence-corrected chi connectivity index (χ0v) is 15.0. The van der Waals surface area contributed by atoms with Crippen LogP contribution in [0.25, 0.3) is 0 Å². The molecular formula is C23H18O5. The highest BCUT2D eigenvalue weighted by Crippen LogP contribution is 2.16. The molecule has 28 heavy (non-hydrogen) atoms. The van der Waals surface area contributed by atoms with E-state index in [9.17, 15) is 14.4 Å². The van der Waals surface area contributed by atoms with Gasteiger partial charge in [-0.15, -0.1) is 0 Å². The summed E-state index contributed by atoms with van der Waals surface area (Å²) < 4.78 is 5.48. The van der Waals surface area contributed by atoms with Gasteiger partial charge in [0.05, 0.1) is 5.56 Å². The number of aromatic carboxylic acids is 1. The average Bonchev–Trinajstić information content (AvgIpc) is 2.73. The number of Topliss-reactive ketones (excluding diaryl/α,β-unsaturated/α-hetero) is 1. The van der Waals surface area contributed by atoms with Crippen molar-refractivity contribution in [2.45, 2.75) is 6.42 Å². The van der Waals surface area contributed by atoms with E-state index in [1.165, 1.54) is 12.1 Å². The number of hydrogen-bond donors (Lipinski definition) is 1. The fraction of sp³-hybridized carbons (Fsp3) is 0.0870. The van der Waals surface area contributed by atoms with Gasteiger partial charge in [-0.3, -0.25) is 9.59 Å². The van der Waals surface area contributed by atoms with Gasteiger partial charge in [0.2, 0.25) is 0 Å². The van der Waals surface area contributed by atoms with E-state index in [-0.39, 0.29) is 30.2 Å². The summed E-state index contributed by atoms with van der Waals surface area (Å²) in [4.78, 5) is 35.4. The third-order valence-electron chi connectivity index (χ3n) is 4.13. The van der Waals surface area contributed by atoms with Crippen molar-refractivity contribution in [3.05, 3.63) is 101 Å². The van der Waals surface area contributed by atoms with Crippen molar-refractivity contribution in [1.82, 2.24) is 0 Å². The molecule has 140 valence electrons. The maximum Gasteiger partial charge on any atom is 0.335 e. The highest BCUT2D eigenvalue weighted by atomic mass is 16.5. The second-order valence-corrected chi connectivity index (χ2v) is 6.23. The van der Waals surface area contributed by atoms with Crippen LogP contribution >= 0.6 is 0 Å². The molecule has 0 aliphatic heterocycles. The molecule has 0 unspecified atom stereocenters.